The first-order valence-electron chi connectivity index (χ1n) is 8.05. The van der Waals surface area contributed by atoms with Crippen LogP contribution in [0.1, 0.15) is 51.9 Å². The first kappa shape index (κ1) is 15.6. The van der Waals surface area contributed by atoms with Crippen molar-refractivity contribution in [1.29, 1.82) is 0 Å². The quantitative estimate of drug-likeness (QED) is 0.699. The van der Waals surface area contributed by atoms with Gasteiger partial charge in [-0.1, -0.05) is 32.6 Å². The van der Waals surface area contributed by atoms with E-state index in [1.165, 1.54) is 19.3 Å². The molecular formula is C16H26N4O. The van der Waals surface area contributed by atoms with E-state index in [0.29, 0.717) is 6.04 Å². The third-order valence-corrected chi connectivity index (χ3v) is 3.80. The van der Waals surface area contributed by atoms with E-state index in [0.717, 1.165) is 43.7 Å². The van der Waals surface area contributed by atoms with Crippen LogP contribution in [0.3, 0.4) is 0 Å². The second-order valence-corrected chi connectivity index (χ2v) is 5.65. The number of unbranched alkanes of at least 4 members (excludes halogenated alkanes) is 1. The Morgan fingerprint density at radius 1 is 1.29 bits per heavy atom. The third kappa shape index (κ3) is 5.61. The zero-order valence-corrected chi connectivity index (χ0v) is 12.8. The van der Waals surface area contributed by atoms with Crippen molar-refractivity contribution in [3.63, 3.8) is 0 Å². The Morgan fingerprint density at radius 2 is 2.10 bits per heavy atom. The maximum absolute atomic E-state index is 11.9. The number of aromatic nitrogens is 1. The smallest absolute Gasteiger partial charge is 0.319 e. The van der Waals surface area contributed by atoms with Gasteiger partial charge in [0.05, 0.1) is 11.9 Å². The summed E-state index contributed by atoms with van der Waals surface area (Å²) in [4.78, 5) is 16.2. The number of anilines is 2. The normalized spacial score (nSPS) is 15.5. The standard InChI is InChI=1S/C16H26N4O/c1-2-3-11-17-15-10-9-14(12-18-15)20-16(21)19-13-7-5-4-6-8-13/h9-10,12-13H,2-8,11H2,1H3,(H,17,18)(H2,19,20,21). The molecule has 1 heterocycles. The van der Waals surface area contributed by atoms with Crippen LogP contribution in [0.25, 0.3) is 0 Å². The van der Waals surface area contributed by atoms with Crippen LogP contribution in [0.5, 0.6) is 0 Å². The first-order chi connectivity index (χ1) is 10.3. The molecule has 1 saturated carbocycles. The lowest BCUT2D eigenvalue weighted by molar-refractivity contribution is 0.244. The molecule has 2 amide bonds. The topological polar surface area (TPSA) is 66.0 Å². The van der Waals surface area contributed by atoms with Crippen LogP contribution < -0.4 is 16.0 Å². The summed E-state index contributed by atoms with van der Waals surface area (Å²) in [6.45, 7) is 3.09. The third-order valence-electron chi connectivity index (χ3n) is 3.80. The molecule has 0 radical (unpaired) electrons. The molecule has 3 N–H and O–H groups in total. The molecule has 1 aliphatic rings. The van der Waals surface area contributed by atoms with E-state index in [1.807, 2.05) is 12.1 Å². The van der Waals surface area contributed by atoms with Gasteiger partial charge in [0.25, 0.3) is 0 Å². The summed E-state index contributed by atoms with van der Waals surface area (Å²) in [5, 5.41) is 9.13. The molecule has 2 rings (SSSR count). The van der Waals surface area contributed by atoms with Gasteiger partial charge in [-0.3, -0.25) is 0 Å². The highest BCUT2D eigenvalue weighted by Crippen LogP contribution is 2.17. The molecule has 0 bridgehead atoms. The zero-order chi connectivity index (χ0) is 14.9. The van der Waals surface area contributed by atoms with Crippen LogP contribution in [0, 0.1) is 0 Å². The number of rotatable bonds is 6. The van der Waals surface area contributed by atoms with Gasteiger partial charge < -0.3 is 16.0 Å². The minimum absolute atomic E-state index is 0.129. The predicted octanol–water partition coefficient (Wildman–Crippen LogP) is 3.75. The van der Waals surface area contributed by atoms with Crippen LogP contribution in [0.2, 0.25) is 0 Å². The number of nitrogens with one attached hydrogen (secondary N) is 3. The average Bonchev–Trinajstić information content (AvgIpc) is 2.50. The highest BCUT2D eigenvalue weighted by Gasteiger charge is 2.15. The number of nitrogens with zero attached hydrogens (tertiary/aromatic N) is 1. The summed E-state index contributed by atoms with van der Waals surface area (Å²) in [7, 11) is 0. The second kappa shape index (κ2) is 8.49. The van der Waals surface area contributed by atoms with E-state index in [1.54, 1.807) is 6.20 Å². The zero-order valence-electron chi connectivity index (χ0n) is 12.8. The van der Waals surface area contributed by atoms with Gasteiger partial charge in [-0.05, 0) is 31.4 Å². The van der Waals surface area contributed by atoms with Crippen LogP contribution in [-0.4, -0.2) is 23.6 Å². The van der Waals surface area contributed by atoms with Crippen molar-refractivity contribution in [2.45, 2.75) is 57.9 Å². The highest BCUT2D eigenvalue weighted by atomic mass is 16.2. The fourth-order valence-corrected chi connectivity index (χ4v) is 2.57. The van der Waals surface area contributed by atoms with Gasteiger partial charge in [0.2, 0.25) is 0 Å². The van der Waals surface area contributed by atoms with Crippen molar-refractivity contribution in [1.82, 2.24) is 10.3 Å². The van der Waals surface area contributed by atoms with Crippen molar-refractivity contribution in [2.75, 3.05) is 17.2 Å². The lowest BCUT2D eigenvalue weighted by Gasteiger charge is -2.22. The monoisotopic (exact) mass is 290 g/mol. The van der Waals surface area contributed by atoms with Gasteiger partial charge >= 0.3 is 6.03 Å². The molecular weight excluding hydrogens is 264 g/mol. The minimum atomic E-state index is -0.129. The van der Waals surface area contributed by atoms with Crippen molar-refractivity contribution >= 4 is 17.5 Å². The van der Waals surface area contributed by atoms with Gasteiger partial charge in [0.15, 0.2) is 0 Å². The molecule has 0 spiro atoms. The number of carbonyl (C=O) groups excluding carboxylic acids is 1. The van der Waals surface area contributed by atoms with Gasteiger partial charge in [-0.25, -0.2) is 9.78 Å². The minimum Gasteiger partial charge on any atom is -0.370 e. The van der Waals surface area contributed by atoms with Gasteiger partial charge in [0.1, 0.15) is 5.82 Å². The van der Waals surface area contributed by atoms with E-state index >= 15 is 0 Å². The average molecular weight is 290 g/mol. The van der Waals surface area contributed by atoms with E-state index in [-0.39, 0.29) is 6.03 Å². The van der Waals surface area contributed by atoms with Crippen molar-refractivity contribution < 1.29 is 4.79 Å². The molecule has 1 aromatic heterocycles. The lowest BCUT2D eigenvalue weighted by Crippen LogP contribution is -2.39. The van der Waals surface area contributed by atoms with Crippen LogP contribution in [0.15, 0.2) is 18.3 Å². The summed E-state index contributed by atoms with van der Waals surface area (Å²) in [5.74, 6) is 0.849. The molecule has 5 nitrogen and oxygen atoms in total. The molecule has 5 heteroatoms. The number of amides is 2. The van der Waals surface area contributed by atoms with E-state index < -0.39 is 0 Å². The van der Waals surface area contributed by atoms with Crippen molar-refractivity contribution in [2.24, 2.45) is 0 Å². The maximum Gasteiger partial charge on any atom is 0.319 e. The molecule has 116 valence electrons. The molecule has 1 fully saturated rings. The fourth-order valence-electron chi connectivity index (χ4n) is 2.57. The SMILES string of the molecule is CCCCNc1ccc(NC(=O)NC2CCCCC2)cn1. The summed E-state index contributed by atoms with van der Waals surface area (Å²) in [6, 6.07) is 3.96. The maximum atomic E-state index is 11.9. The van der Waals surface area contributed by atoms with E-state index in [2.05, 4.69) is 27.9 Å². The summed E-state index contributed by atoms with van der Waals surface area (Å²) in [5.41, 5.74) is 0.726. The van der Waals surface area contributed by atoms with Gasteiger partial charge in [-0.2, -0.15) is 0 Å². The molecule has 0 aromatic carbocycles. The Balaban J connectivity index is 1.75. The summed E-state index contributed by atoms with van der Waals surface area (Å²) in [6.07, 6.45) is 9.87. The molecule has 0 atom stereocenters. The first-order valence-corrected chi connectivity index (χ1v) is 8.05. The number of carbonyl (C=O) groups is 1. The Labute approximate surface area is 126 Å². The van der Waals surface area contributed by atoms with Gasteiger partial charge in [-0.15, -0.1) is 0 Å². The van der Waals surface area contributed by atoms with E-state index in [9.17, 15) is 4.79 Å². The Bertz CT molecular complexity index is 426. The van der Waals surface area contributed by atoms with Gasteiger partial charge in [0, 0.05) is 12.6 Å². The number of hydrogen-bond acceptors (Lipinski definition) is 3. The molecule has 21 heavy (non-hydrogen) atoms. The molecule has 0 aliphatic heterocycles. The summed E-state index contributed by atoms with van der Waals surface area (Å²) < 4.78 is 0. The fraction of sp³-hybridized carbons (Fsp3) is 0.625. The lowest BCUT2D eigenvalue weighted by atomic mass is 9.96. The Hall–Kier alpha value is -1.78. The predicted molar refractivity (Wildman–Crippen MR) is 86.7 cm³/mol. The Kier molecular flexibility index (Phi) is 6.31. The molecule has 0 saturated heterocycles. The second-order valence-electron chi connectivity index (χ2n) is 5.65. The van der Waals surface area contributed by atoms with Crippen LogP contribution in [-0.2, 0) is 0 Å². The van der Waals surface area contributed by atoms with Crippen LogP contribution in [0.4, 0.5) is 16.3 Å². The molecule has 1 aromatic rings. The number of hydrogen-bond donors (Lipinski definition) is 3. The van der Waals surface area contributed by atoms with Crippen molar-refractivity contribution in [3.8, 4) is 0 Å². The van der Waals surface area contributed by atoms with Crippen molar-refractivity contribution in [3.05, 3.63) is 18.3 Å². The number of pyridine rings is 1. The largest absolute Gasteiger partial charge is 0.370 e. The summed E-state index contributed by atoms with van der Waals surface area (Å²) >= 11 is 0. The Morgan fingerprint density at radius 3 is 2.76 bits per heavy atom. The van der Waals surface area contributed by atoms with Crippen LogP contribution >= 0.6 is 0 Å². The highest BCUT2D eigenvalue weighted by molar-refractivity contribution is 5.89. The van der Waals surface area contributed by atoms with E-state index in [4.69, 9.17) is 0 Å². The molecule has 1 aliphatic carbocycles. The number of urea groups is 1. The molecule has 0 unspecified atom stereocenters.